The number of hydrogen-bond donors (Lipinski definition) is 1. The number of pyridine rings is 1. The van der Waals surface area contributed by atoms with E-state index in [1.54, 1.807) is 0 Å². The van der Waals surface area contributed by atoms with Crippen LogP contribution in [-0.4, -0.2) is 22.7 Å². The maximum atomic E-state index is 12.7. The van der Waals surface area contributed by atoms with Crippen LogP contribution in [0.5, 0.6) is 5.88 Å². The lowest BCUT2D eigenvalue weighted by atomic mass is 10.2. The van der Waals surface area contributed by atoms with Crippen molar-refractivity contribution in [2.45, 2.75) is 19.8 Å². The Morgan fingerprint density at radius 3 is 3.00 bits per heavy atom. The van der Waals surface area contributed by atoms with Gasteiger partial charge in [0.25, 0.3) is 0 Å². The summed E-state index contributed by atoms with van der Waals surface area (Å²) in [5.41, 5.74) is -0.244. The van der Waals surface area contributed by atoms with E-state index in [1.165, 1.54) is 0 Å². The third-order valence-corrected chi connectivity index (χ3v) is 1.78. The van der Waals surface area contributed by atoms with Crippen molar-refractivity contribution in [1.82, 2.24) is 4.98 Å². The van der Waals surface area contributed by atoms with Crippen molar-refractivity contribution in [3.05, 3.63) is 23.6 Å². The molecule has 0 unspecified atom stereocenters. The van der Waals surface area contributed by atoms with Crippen molar-refractivity contribution in [2.75, 3.05) is 6.61 Å². The number of aromatic carboxylic acids is 1. The average Bonchev–Trinajstić information content (AvgIpc) is 2.20. The number of aromatic nitrogens is 1. The highest BCUT2D eigenvalue weighted by atomic mass is 19.1. The van der Waals surface area contributed by atoms with Crippen LogP contribution in [0.3, 0.4) is 0 Å². The molecule has 4 nitrogen and oxygen atoms in total. The fourth-order valence-electron chi connectivity index (χ4n) is 1.01. The molecule has 0 aliphatic heterocycles. The molecule has 0 radical (unpaired) electrons. The van der Waals surface area contributed by atoms with Crippen LogP contribution < -0.4 is 4.74 Å². The number of carboxylic acids is 1. The molecule has 0 saturated heterocycles. The van der Waals surface area contributed by atoms with E-state index < -0.39 is 11.8 Å². The molecule has 15 heavy (non-hydrogen) atoms. The average molecular weight is 213 g/mol. The molecule has 1 N–H and O–H groups in total. The molecule has 1 heterocycles. The number of nitrogens with zero attached hydrogens (tertiary/aromatic N) is 1. The van der Waals surface area contributed by atoms with Crippen LogP contribution >= 0.6 is 0 Å². The Kier molecular flexibility index (Phi) is 4.03. The summed E-state index contributed by atoms with van der Waals surface area (Å²) in [6, 6.07) is 0.899. The van der Waals surface area contributed by atoms with Crippen LogP contribution in [0.4, 0.5) is 4.39 Å². The van der Waals surface area contributed by atoms with Gasteiger partial charge in [-0.2, -0.15) is 0 Å². The molecule has 0 atom stereocenters. The van der Waals surface area contributed by atoms with Crippen molar-refractivity contribution < 1.29 is 19.0 Å². The molecule has 82 valence electrons. The first-order valence-electron chi connectivity index (χ1n) is 4.66. The summed E-state index contributed by atoms with van der Waals surface area (Å²) in [5, 5.41) is 8.76. The summed E-state index contributed by atoms with van der Waals surface area (Å²) in [5.74, 6) is -1.96. The minimum absolute atomic E-state index is 0.0302. The topological polar surface area (TPSA) is 59.4 Å². The molecule has 1 rings (SSSR count). The van der Waals surface area contributed by atoms with E-state index in [0.717, 1.165) is 25.1 Å². The zero-order chi connectivity index (χ0) is 11.3. The first kappa shape index (κ1) is 11.4. The number of hydrogen-bond acceptors (Lipinski definition) is 3. The number of rotatable bonds is 5. The van der Waals surface area contributed by atoms with Crippen LogP contribution in [0.2, 0.25) is 0 Å². The van der Waals surface area contributed by atoms with E-state index in [2.05, 4.69) is 4.98 Å². The summed E-state index contributed by atoms with van der Waals surface area (Å²) in [4.78, 5) is 14.3. The number of ether oxygens (including phenoxy) is 1. The van der Waals surface area contributed by atoms with Gasteiger partial charge in [0.05, 0.1) is 12.8 Å². The summed E-state index contributed by atoms with van der Waals surface area (Å²) in [6.45, 7) is 2.37. The minimum Gasteiger partial charge on any atom is -0.477 e. The summed E-state index contributed by atoms with van der Waals surface area (Å²) >= 11 is 0. The normalized spacial score (nSPS) is 10.0. The van der Waals surface area contributed by atoms with Crippen LogP contribution in [0.15, 0.2) is 12.3 Å². The summed E-state index contributed by atoms with van der Waals surface area (Å²) in [6.07, 6.45) is 2.68. The van der Waals surface area contributed by atoms with E-state index >= 15 is 0 Å². The highest BCUT2D eigenvalue weighted by molar-refractivity contribution is 5.90. The Hall–Kier alpha value is -1.65. The first-order chi connectivity index (χ1) is 7.15. The molecule has 0 aliphatic rings. The second-order valence-electron chi connectivity index (χ2n) is 3.01. The monoisotopic (exact) mass is 213 g/mol. The van der Waals surface area contributed by atoms with Gasteiger partial charge >= 0.3 is 5.97 Å². The molecule has 1 aromatic heterocycles. The quantitative estimate of drug-likeness (QED) is 0.761. The molecule has 0 amide bonds. The highest BCUT2D eigenvalue weighted by Gasteiger charge is 2.13. The molecular weight excluding hydrogens is 201 g/mol. The Labute approximate surface area is 86.7 Å². The molecule has 0 aromatic carbocycles. The van der Waals surface area contributed by atoms with Gasteiger partial charge in [0.15, 0.2) is 0 Å². The molecular formula is C10H12FNO3. The Morgan fingerprint density at radius 1 is 1.67 bits per heavy atom. The van der Waals surface area contributed by atoms with Gasteiger partial charge in [0.1, 0.15) is 11.4 Å². The maximum absolute atomic E-state index is 12.7. The van der Waals surface area contributed by atoms with Crippen LogP contribution in [0.1, 0.15) is 30.1 Å². The predicted octanol–water partition coefficient (Wildman–Crippen LogP) is 2.10. The molecule has 0 spiro atoms. The van der Waals surface area contributed by atoms with Crippen LogP contribution in [0.25, 0.3) is 0 Å². The first-order valence-corrected chi connectivity index (χ1v) is 4.66. The Morgan fingerprint density at radius 2 is 2.40 bits per heavy atom. The second-order valence-corrected chi connectivity index (χ2v) is 3.01. The van der Waals surface area contributed by atoms with Crippen LogP contribution in [-0.2, 0) is 0 Å². The summed E-state index contributed by atoms with van der Waals surface area (Å²) < 4.78 is 17.8. The zero-order valence-corrected chi connectivity index (χ0v) is 8.36. The van der Waals surface area contributed by atoms with Crippen LogP contribution in [0, 0.1) is 5.82 Å². The van der Waals surface area contributed by atoms with Gasteiger partial charge in [0.2, 0.25) is 5.88 Å². The van der Waals surface area contributed by atoms with Gasteiger partial charge < -0.3 is 9.84 Å². The lowest BCUT2D eigenvalue weighted by Gasteiger charge is -2.06. The van der Waals surface area contributed by atoms with E-state index in [-0.39, 0.29) is 11.4 Å². The predicted molar refractivity (Wildman–Crippen MR) is 51.6 cm³/mol. The van der Waals surface area contributed by atoms with Gasteiger partial charge in [-0.05, 0) is 12.5 Å². The molecule has 0 fully saturated rings. The standard InChI is InChI=1S/C10H12FNO3/c1-2-3-4-15-9-8(10(13)14)5-7(11)6-12-9/h5-6H,2-4H2,1H3,(H,13,14). The van der Waals surface area contributed by atoms with Crippen molar-refractivity contribution in [3.8, 4) is 5.88 Å². The lowest BCUT2D eigenvalue weighted by molar-refractivity contribution is 0.0690. The number of unbranched alkanes of at least 4 members (excludes halogenated alkanes) is 1. The van der Waals surface area contributed by atoms with Gasteiger partial charge in [-0.25, -0.2) is 14.2 Å². The molecule has 0 saturated carbocycles. The van der Waals surface area contributed by atoms with E-state index in [0.29, 0.717) is 6.61 Å². The fraction of sp³-hybridized carbons (Fsp3) is 0.400. The molecule has 0 bridgehead atoms. The van der Waals surface area contributed by atoms with Gasteiger partial charge in [-0.1, -0.05) is 13.3 Å². The van der Waals surface area contributed by atoms with Gasteiger partial charge in [0, 0.05) is 0 Å². The molecule has 0 aliphatic carbocycles. The van der Waals surface area contributed by atoms with Crippen molar-refractivity contribution >= 4 is 5.97 Å². The molecule has 5 heteroatoms. The summed E-state index contributed by atoms with van der Waals surface area (Å²) in [7, 11) is 0. The SMILES string of the molecule is CCCCOc1ncc(F)cc1C(=O)O. The van der Waals surface area contributed by atoms with E-state index in [4.69, 9.17) is 9.84 Å². The smallest absolute Gasteiger partial charge is 0.341 e. The third-order valence-electron chi connectivity index (χ3n) is 1.78. The fourth-order valence-corrected chi connectivity index (χ4v) is 1.01. The largest absolute Gasteiger partial charge is 0.477 e. The van der Waals surface area contributed by atoms with E-state index in [9.17, 15) is 9.18 Å². The Balaban J connectivity index is 2.81. The van der Waals surface area contributed by atoms with Crippen molar-refractivity contribution in [3.63, 3.8) is 0 Å². The maximum Gasteiger partial charge on any atom is 0.341 e. The van der Waals surface area contributed by atoms with Gasteiger partial charge in [-0.15, -0.1) is 0 Å². The van der Waals surface area contributed by atoms with Crippen molar-refractivity contribution in [1.29, 1.82) is 0 Å². The third kappa shape index (κ3) is 3.19. The Bertz CT molecular complexity index is 355. The number of carbonyl (C=O) groups is 1. The molecule has 1 aromatic rings. The van der Waals surface area contributed by atoms with Gasteiger partial charge in [-0.3, -0.25) is 0 Å². The minimum atomic E-state index is -1.24. The number of halogens is 1. The second kappa shape index (κ2) is 5.29. The highest BCUT2D eigenvalue weighted by Crippen LogP contribution is 2.16. The number of carboxylic acid groups (broad SMARTS) is 1. The zero-order valence-electron chi connectivity index (χ0n) is 8.36. The lowest BCUT2D eigenvalue weighted by Crippen LogP contribution is -2.06. The van der Waals surface area contributed by atoms with Crippen molar-refractivity contribution in [2.24, 2.45) is 0 Å². The van der Waals surface area contributed by atoms with E-state index in [1.807, 2.05) is 6.92 Å².